The zero-order chi connectivity index (χ0) is 15.6. The molecule has 0 radical (unpaired) electrons. The van der Waals surface area contributed by atoms with Crippen LogP contribution in [0.1, 0.15) is 29.8 Å². The second-order valence-electron chi connectivity index (χ2n) is 5.22. The lowest BCUT2D eigenvalue weighted by Gasteiger charge is -2.17. The second-order valence-corrected chi connectivity index (χ2v) is 5.63. The molecule has 0 saturated heterocycles. The third-order valence-electron chi connectivity index (χ3n) is 3.51. The van der Waals surface area contributed by atoms with Crippen molar-refractivity contribution in [3.05, 3.63) is 46.0 Å². The Kier molecular flexibility index (Phi) is 4.91. The number of aryl methyl sites for hydroxylation is 2. The molecule has 0 aliphatic heterocycles. The van der Waals surface area contributed by atoms with E-state index in [0.29, 0.717) is 11.7 Å². The summed E-state index contributed by atoms with van der Waals surface area (Å²) in [7, 11) is 1.93. The van der Waals surface area contributed by atoms with Crippen molar-refractivity contribution in [1.29, 1.82) is 0 Å². The van der Waals surface area contributed by atoms with E-state index in [4.69, 9.17) is 11.6 Å². The standard InChI is InChI=1S/C16H19ClFN3/c1-9(8-19-4)15-10(2)20-16(21-11(15)3)12-5-6-14(18)13(17)7-12/h5-7,9,19H,8H2,1-4H3. The predicted octanol–water partition coefficient (Wildman–Crippen LogP) is 3.88. The Balaban J connectivity index is 2.46. The van der Waals surface area contributed by atoms with Crippen LogP contribution in [0.15, 0.2) is 18.2 Å². The van der Waals surface area contributed by atoms with Crippen molar-refractivity contribution >= 4 is 11.6 Å². The van der Waals surface area contributed by atoms with Gasteiger partial charge in [-0.25, -0.2) is 14.4 Å². The maximum atomic E-state index is 13.2. The van der Waals surface area contributed by atoms with Gasteiger partial charge >= 0.3 is 0 Å². The van der Waals surface area contributed by atoms with Gasteiger partial charge in [0.2, 0.25) is 0 Å². The average Bonchev–Trinajstić information content (AvgIpc) is 2.41. The minimum Gasteiger partial charge on any atom is -0.319 e. The van der Waals surface area contributed by atoms with Gasteiger partial charge in [-0.2, -0.15) is 0 Å². The Hall–Kier alpha value is -1.52. The molecule has 2 aromatic rings. The van der Waals surface area contributed by atoms with Crippen LogP contribution < -0.4 is 5.32 Å². The molecule has 0 bridgehead atoms. The highest BCUT2D eigenvalue weighted by Crippen LogP contribution is 2.26. The molecule has 5 heteroatoms. The van der Waals surface area contributed by atoms with Crippen LogP contribution in [0.2, 0.25) is 5.02 Å². The third kappa shape index (κ3) is 3.39. The number of hydrogen-bond acceptors (Lipinski definition) is 3. The maximum Gasteiger partial charge on any atom is 0.159 e. The first-order valence-electron chi connectivity index (χ1n) is 6.89. The molecule has 21 heavy (non-hydrogen) atoms. The Morgan fingerprint density at radius 1 is 1.24 bits per heavy atom. The lowest BCUT2D eigenvalue weighted by atomic mass is 9.98. The van der Waals surface area contributed by atoms with Crippen molar-refractivity contribution in [2.45, 2.75) is 26.7 Å². The minimum absolute atomic E-state index is 0.0824. The van der Waals surface area contributed by atoms with Crippen molar-refractivity contribution in [2.75, 3.05) is 13.6 Å². The van der Waals surface area contributed by atoms with Crippen LogP contribution >= 0.6 is 11.6 Å². The van der Waals surface area contributed by atoms with Crippen molar-refractivity contribution < 1.29 is 4.39 Å². The number of nitrogens with zero attached hydrogens (tertiary/aromatic N) is 2. The summed E-state index contributed by atoms with van der Waals surface area (Å²) in [5, 5.41) is 3.25. The van der Waals surface area contributed by atoms with Gasteiger partial charge in [0.25, 0.3) is 0 Å². The Labute approximate surface area is 129 Å². The van der Waals surface area contributed by atoms with Gasteiger partial charge in [-0.3, -0.25) is 0 Å². The first kappa shape index (κ1) is 15.9. The zero-order valence-corrected chi connectivity index (χ0v) is 13.4. The van der Waals surface area contributed by atoms with Crippen LogP contribution in [0.5, 0.6) is 0 Å². The number of likely N-dealkylation sites (N-methyl/N-ethyl adjacent to an activating group) is 1. The fraction of sp³-hybridized carbons (Fsp3) is 0.375. The largest absolute Gasteiger partial charge is 0.319 e. The van der Waals surface area contributed by atoms with E-state index in [2.05, 4.69) is 22.2 Å². The van der Waals surface area contributed by atoms with Crippen LogP contribution in [-0.4, -0.2) is 23.6 Å². The van der Waals surface area contributed by atoms with Crippen LogP contribution in [0.25, 0.3) is 11.4 Å². The average molecular weight is 308 g/mol. The SMILES string of the molecule is CNCC(C)c1c(C)nc(-c2ccc(F)c(Cl)c2)nc1C. The molecule has 1 aromatic carbocycles. The number of nitrogens with one attached hydrogen (secondary N) is 1. The smallest absolute Gasteiger partial charge is 0.159 e. The van der Waals surface area contributed by atoms with Crippen LogP contribution in [-0.2, 0) is 0 Å². The molecule has 1 aromatic heterocycles. The highest BCUT2D eigenvalue weighted by molar-refractivity contribution is 6.31. The van der Waals surface area contributed by atoms with Crippen molar-refractivity contribution in [1.82, 2.24) is 15.3 Å². The molecule has 3 nitrogen and oxygen atoms in total. The lowest BCUT2D eigenvalue weighted by molar-refractivity contribution is 0.628. The first-order valence-corrected chi connectivity index (χ1v) is 7.27. The third-order valence-corrected chi connectivity index (χ3v) is 3.80. The summed E-state index contributed by atoms with van der Waals surface area (Å²) >= 11 is 5.83. The number of aromatic nitrogens is 2. The molecular formula is C16H19ClFN3. The van der Waals surface area contributed by atoms with Crippen LogP contribution in [0, 0.1) is 19.7 Å². The molecular weight excluding hydrogens is 289 g/mol. The molecule has 112 valence electrons. The van der Waals surface area contributed by atoms with Gasteiger partial charge in [-0.05, 0) is 50.6 Å². The van der Waals surface area contributed by atoms with Crippen molar-refractivity contribution in [3.63, 3.8) is 0 Å². The van der Waals surface area contributed by atoms with E-state index >= 15 is 0 Å². The van der Waals surface area contributed by atoms with E-state index in [9.17, 15) is 4.39 Å². The fourth-order valence-corrected chi connectivity index (χ4v) is 2.79. The van der Waals surface area contributed by atoms with Crippen LogP contribution in [0.4, 0.5) is 4.39 Å². The Bertz CT molecular complexity index is 635. The van der Waals surface area contributed by atoms with E-state index in [1.165, 1.54) is 6.07 Å². The predicted molar refractivity (Wildman–Crippen MR) is 84.3 cm³/mol. The van der Waals surface area contributed by atoms with Crippen LogP contribution in [0.3, 0.4) is 0 Å². The number of rotatable bonds is 4. The van der Waals surface area contributed by atoms with E-state index in [0.717, 1.165) is 29.1 Å². The molecule has 0 fully saturated rings. The van der Waals surface area contributed by atoms with Gasteiger partial charge < -0.3 is 5.32 Å². The molecule has 0 amide bonds. The summed E-state index contributed by atoms with van der Waals surface area (Å²) in [4.78, 5) is 9.12. The normalized spacial score (nSPS) is 12.5. The van der Waals surface area contributed by atoms with E-state index in [-0.39, 0.29) is 5.02 Å². The highest BCUT2D eigenvalue weighted by atomic mass is 35.5. The van der Waals surface area contributed by atoms with Gasteiger partial charge in [0, 0.05) is 23.5 Å². The molecule has 1 unspecified atom stereocenters. The van der Waals surface area contributed by atoms with Crippen molar-refractivity contribution in [2.24, 2.45) is 0 Å². The van der Waals surface area contributed by atoms with E-state index in [1.807, 2.05) is 20.9 Å². The van der Waals surface area contributed by atoms with Crippen molar-refractivity contribution in [3.8, 4) is 11.4 Å². The maximum absolute atomic E-state index is 13.2. The number of hydrogen-bond donors (Lipinski definition) is 1. The summed E-state index contributed by atoms with van der Waals surface area (Å²) in [6.07, 6.45) is 0. The molecule has 1 heterocycles. The molecule has 0 aliphatic carbocycles. The summed E-state index contributed by atoms with van der Waals surface area (Å²) in [6.45, 7) is 6.96. The zero-order valence-electron chi connectivity index (χ0n) is 12.7. The van der Waals surface area contributed by atoms with Gasteiger partial charge in [0.15, 0.2) is 5.82 Å². The van der Waals surface area contributed by atoms with E-state index in [1.54, 1.807) is 12.1 Å². The molecule has 1 N–H and O–H groups in total. The van der Waals surface area contributed by atoms with Gasteiger partial charge in [-0.1, -0.05) is 18.5 Å². The molecule has 2 rings (SSSR count). The highest BCUT2D eigenvalue weighted by Gasteiger charge is 2.15. The lowest BCUT2D eigenvalue weighted by Crippen LogP contribution is -2.17. The fourth-order valence-electron chi connectivity index (χ4n) is 2.61. The number of benzene rings is 1. The van der Waals surface area contributed by atoms with Gasteiger partial charge in [0.05, 0.1) is 5.02 Å². The van der Waals surface area contributed by atoms with Gasteiger partial charge in [-0.15, -0.1) is 0 Å². The van der Waals surface area contributed by atoms with E-state index < -0.39 is 5.82 Å². The Morgan fingerprint density at radius 2 is 1.86 bits per heavy atom. The topological polar surface area (TPSA) is 37.8 Å². The second kappa shape index (κ2) is 6.50. The quantitative estimate of drug-likeness (QED) is 0.931. The Morgan fingerprint density at radius 3 is 2.38 bits per heavy atom. The van der Waals surface area contributed by atoms with Gasteiger partial charge in [0.1, 0.15) is 5.82 Å². The summed E-state index contributed by atoms with van der Waals surface area (Å²) in [5.41, 5.74) is 3.77. The monoisotopic (exact) mass is 307 g/mol. The summed E-state index contributed by atoms with van der Waals surface area (Å²) < 4.78 is 13.2. The molecule has 0 aliphatic rings. The molecule has 0 saturated carbocycles. The number of halogens is 2. The molecule has 0 spiro atoms. The minimum atomic E-state index is -0.437. The summed E-state index contributed by atoms with van der Waals surface area (Å²) in [6, 6.07) is 4.54. The molecule has 1 atom stereocenters. The summed E-state index contributed by atoms with van der Waals surface area (Å²) in [5.74, 6) is 0.473. The first-order chi connectivity index (χ1) is 9.93.